The van der Waals surface area contributed by atoms with Gasteiger partial charge in [0.2, 0.25) is 0 Å². The molecule has 0 atom stereocenters. The fraction of sp³-hybridized carbons (Fsp3) is 0.500. The van der Waals surface area contributed by atoms with Crippen molar-refractivity contribution in [3.05, 3.63) is 19.3 Å². The molecule has 0 aliphatic heterocycles. The first-order valence-electron chi connectivity index (χ1n) is 12.7. The Morgan fingerprint density at radius 1 is 0.306 bits per heavy atom. The molecule has 49 heavy (non-hydrogen) atoms. The van der Waals surface area contributed by atoms with E-state index >= 15 is 0 Å². The van der Waals surface area contributed by atoms with Crippen molar-refractivity contribution in [1.29, 1.82) is 0 Å². The van der Waals surface area contributed by atoms with Crippen molar-refractivity contribution in [3.63, 3.8) is 0 Å². The van der Waals surface area contributed by atoms with Crippen LogP contribution >= 0.6 is 28.3 Å². The Balaban J connectivity index is -0.0000000449. The maximum Gasteiger partial charge on any atom is 0 e. The Kier molecular flexibility index (Phi) is 89.2. The van der Waals surface area contributed by atoms with E-state index in [9.17, 15) is 57.5 Å². The van der Waals surface area contributed by atoms with Gasteiger partial charge >= 0.3 is 84.6 Å². The zero-order valence-electron chi connectivity index (χ0n) is 29.4. The second-order valence-corrected chi connectivity index (χ2v) is 8.84. The molecular formula is C30H45Cl3GaO12Pt3. The number of carbonyl (C=O) groups is 12. The van der Waals surface area contributed by atoms with E-state index in [-0.39, 0.29) is 108 Å². The van der Waals surface area contributed by atoms with Gasteiger partial charge in [0, 0.05) is 54.5 Å². The van der Waals surface area contributed by atoms with Crippen LogP contribution in [-0.2, 0) is 114 Å². The molecule has 0 aliphatic carbocycles. The van der Waals surface area contributed by atoms with Crippen molar-refractivity contribution in [3.8, 4) is 0 Å². The zero-order valence-corrected chi connectivity index (χ0v) is 40.9. The monoisotopic (exact) mass is 1360 g/mol. The summed E-state index contributed by atoms with van der Waals surface area (Å²) in [5.74, 6) is -1.50. The van der Waals surface area contributed by atoms with Crippen LogP contribution in [0.4, 0.5) is 0 Å². The van der Waals surface area contributed by atoms with Crippen LogP contribution in [0.2, 0.25) is 0 Å². The van der Waals surface area contributed by atoms with Crippen LogP contribution in [0.15, 0.2) is 0 Å². The summed E-state index contributed by atoms with van der Waals surface area (Å²) in [6.45, 7) is 16.5. The summed E-state index contributed by atoms with van der Waals surface area (Å²) in [6.07, 6.45) is 3.42. The molecule has 0 aromatic heterocycles. The van der Waals surface area contributed by atoms with Crippen molar-refractivity contribution in [1.82, 2.24) is 0 Å². The van der Waals surface area contributed by atoms with Gasteiger partial charge in [-0.15, -0.1) is 0 Å². The Hall–Kier alpha value is -0.779. The third-order valence-corrected chi connectivity index (χ3v) is 2.71. The first-order valence-corrected chi connectivity index (χ1v) is 21.1. The minimum atomic E-state index is -0.187. The number of rotatable bonds is 12. The minimum absolute atomic E-state index is 0. The van der Waals surface area contributed by atoms with E-state index in [1.807, 2.05) is 0 Å². The second kappa shape index (κ2) is 59.4. The Morgan fingerprint density at radius 2 is 0.388 bits per heavy atom. The van der Waals surface area contributed by atoms with E-state index < -0.39 is 0 Å². The van der Waals surface area contributed by atoms with Crippen LogP contribution in [0.1, 0.15) is 102 Å². The van der Waals surface area contributed by atoms with Crippen LogP contribution in [0, 0.1) is 19.3 Å². The molecule has 0 rings (SSSR count). The summed E-state index contributed by atoms with van der Waals surface area (Å²) < 4.78 is 0. The van der Waals surface area contributed by atoms with Crippen LogP contribution in [-0.4, -0.2) is 89.2 Å². The van der Waals surface area contributed by atoms with Gasteiger partial charge in [0.25, 0.3) is 0 Å². The molecule has 0 bridgehead atoms. The van der Waals surface area contributed by atoms with Gasteiger partial charge in [0.05, 0.1) is 19.3 Å². The number of carbonyl (C=O) groups excluding carboxylic acids is 12. The number of Topliss-reactive ketones (excluding diaryl/α,β-unsaturated/α-hetero) is 12. The summed E-state index contributed by atoms with van der Waals surface area (Å²) in [6, 6.07) is 0. The van der Waals surface area contributed by atoms with Crippen LogP contribution in [0.3, 0.4) is 0 Å². The summed E-state index contributed by atoms with van der Waals surface area (Å²) in [5.41, 5.74) is 0. The SMILES string of the molecule is CC(=O)CC(C)=O.CC(=O)CC(C)=O.CC(=O)CC(C)=O.CC(=O)[CH-]C(C)=O.CC(=O)[CH-]C(C)=O.CC(=O)[CH-]C(C)=O.[Cl][Pt+].[Cl][Pt+].[Cl][Pt+].[Ga]. The third-order valence-electron chi connectivity index (χ3n) is 2.71. The molecule has 291 valence electrons. The number of hydrogen-bond acceptors (Lipinski definition) is 12. The van der Waals surface area contributed by atoms with E-state index in [0.717, 1.165) is 19.3 Å². The Morgan fingerprint density at radius 3 is 0.388 bits per heavy atom. The van der Waals surface area contributed by atoms with Gasteiger partial charge in [-0.05, 0) is 83.1 Å². The van der Waals surface area contributed by atoms with Gasteiger partial charge in [-0.3, -0.25) is 48.0 Å². The first kappa shape index (κ1) is 73.6. The Bertz CT molecular complexity index is 734. The smallest absolute Gasteiger partial charge is 0 e. The molecule has 0 aliphatic rings. The van der Waals surface area contributed by atoms with Crippen molar-refractivity contribution in [2.45, 2.75) is 102 Å². The molecule has 3 radical (unpaired) electrons. The normalized spacial score (nSPS) is 7.29. The maximum absolute atomic E-state index is 10.0. The minimum Gasteiger partial charge on any atom is 0 e. The maximum atomic E-state index is 10.0. The molecule has 0 amide bonds. The molecular weight excluding hydrogens is 1310 g/mol. The molecule has 0 N–H and O–H groups in total. The molecule has 0 aromatic carbocycles. The van der Waals surface area contributed by atoms with Gasteiger partial charge in [-0.1, -0.05) is 0 Å². The van der Waals surface area contributed by atoms with E-state index in [1.54, 1.807) is 56.3 Å². The molecule has 0 fully saturated rings. The molecule has 0 unspecified atom stereocenters. The zero-order chi connectivity index (χ0) is 41.2. The second-order valence-electron chi connectivity index (χ2n) is 8.84. The van der Waals surface area contributed by atoms with Gasteiger partial charge < -0.3 is 28.8 Å². The summed E-state index contributed by atoms with van der Waals surface area (Å²) in [4.78, 5) is 120. The van der Waals surface area contributed by atoms with Gasteiger partial charge in [0.1, 0.15) is 34.7 Å². The fourth-order valence-corrected chi connectivity index (χ4v) is 1.91. The summed E-state index contributed by atoms with van der Waals surface area (Å²) in [7, 11) is 13.8. The average molecular weight is 1360 g/mol. The molecule has 0 saturated heterocycles. The molecule has 19 heteroatoms. The van der Waals surface area contributed by atoms with E-state index in [4.69, 9.17) is 0 Å². The van der Waals surface area contributed by atoms with Crippen molar-refractivity contribution >= 4 is 117 Å². The summed E-state index contributed by atoms with van der Waals surface area (Å²) in [5, 5.41) is 0. The number of ketones is 12. The Labute approximate surface area is 349 Å². The molecule has 0 aromatic rings. The molecule has 12 nitrogen and oxygen atoms in total. The van der Waals surface area contributed by atoms with Crippen LogP contribution in [0.25, 0.3) is 0 Å². The fourth-order valence-electron chi connectivity index (χ4n) is 1.91. The van der Waals surface area contributed by atoms with Gasteiger partial charge in [-0.2, -0.15) is 0 Å². The van der Waals surface area contributed by atoms with Gasteiger partial charge in [-0.25, -0.2) is 0 Å². The predicted octanol–water partition coefficient (Wildman–Crippen LogP) is 4.45. The standard InChI is InChI=1S/3C5H8O2.3C5H7O2.3ClH.Ga.3Pt/c6*1-4(6)3-5(2)7;;;;;;;/h3*3H2,1-2H3;3*3H,1-2H3;3*1H;;;;/q;;;3*-1;;;;;3*+2/p-3. The van der Waals surface area contributed by atoms with Crippen molar-refractivity contribution < 1.29 is 114 Å². The number of halogens is 3. The quantitative estimate of drug-likeness (QED) is 0.151. The molecule has 0 saturated carbocycles. The predicted molar refractivity (Wildman–Crippen MR) is 178 cm³/mol. The molecule has 0 spiro atoms. The van der Waals surface area contributed by atoms with Crippen LogP contribution < -0.4 is 0 Å². The van der Waals surface area contributed by atoms with Gasteiger partial charge in [0.15, 0.2) is 0 Å². The van der Waals surface area contributed by atoms with Crippen molar-refractivity contribution in [2.24, 2.45) is 0 Å². The van der Waals surface area contributed by atoms with Crippen LogP contribution in [0.5, 0.6) is 0 Å². The number of hydrogen-bond donors (Lipinski definition) is 0. The van der Waals surface area contributed by atoms with E-state index in [2.05, 4.69) is 28.3 Å². The average Bonchev–Trinajstić information content (AvgIpc) is 2.84. The third kappa shape index (κ3) is 179. The van der Waals surface area contributed by atoms with E-state index in [1.165, 1.54) is 83.1 Å². The molecule has 0 heterocycles. The topological polar surface area (TPSA) is 205 Å². The first-order chi connectivity index (χ1) is 21.8. The largest absolute Gasteiger partial charge is 0 e. The van der Waals surface area contributed by atoms with Crippen molar-refractivity contribution in [2.75, 3.05) is 0 Å². The van der Waals surface area contributed by atoms with E-state index in [0.29, 0.717) is 0 Å². The summed E-state index contributed by atoms with van der Waals surface area (Å²) >= 11 is 4.83.